The fraction of sp³-hybridized carbons (Fsp3) is 0.250. The van der Waals surface area contributed by atoms with E-state index in [9.17, 15) is 5.11 Å². The molecule has 2 N–H and O–H groups in total. The van der Waals surface area contributed by atoms with Crippen molar-refractivity contribution >= 4 is 21.4 Å². The third-order valence-electron chi connectivity index (χ3n) is 3.46. The second kappa shape index (κ2) is 5.79. The van der Waals surface area contributed by atoms with Gasteiger partial charge >= 0.3 is 0 Å². The van der Waals surface area contributed by atoms with Crippen LogP contribution in [0.4, 0.5) is 0 Å². The van der Waals surface area contributed by atoms with E-state index in [1.54, 1.807) is 29.7 Å². The van der Waals surface area contributed by atoms with Crippen LogP contribution in [0.3, 0.4) is 0 Å². The molecular weight excluding hydrogens is 270 g/mol. The quantitative estimate of drug-likeness (QED) is 0.748. The number of aliphatic hydroxyl groups is 1. The number of hydrogen-bond acceptors (Lipinski definition) is 4. The van der Waals surface area contributed by atoms with Gasteiger partial charge in [0.2, 0.25) is 0 Å². The number of thiophene rings is 1. The van der Waals surface area contributed by atoms with Gasteiger partial charge in [0.15, 0.2) is 0 Å². The average Bonchev–Trinajstić information content (AvgIpc) is 3.13. The van der Waals surface area contributed by atoms with Gasteiger partial charge in [0.05, 0.1) is 6.26 Å². The standard InChI is InChI=1S/C16H17NO2S/c1-11(17-10-14(18)15-6-3-8-19-15)13-5-2-4-12-7-9-20-16(12)13/h2-9,11,14,17-18H,10H2,1H3. The number of benzene rings is 1. The van der Waals surface area contributed by atoms with E-state index in [-0.39, 0.29) is 6.04 Å². The first-order valence-electron chi connectivity index (χ1n) is 6.66. The molecule has 0 radical (unpaired) electrons. The molecule has 4 heteroatoms. The topological polar surface area (TPSA) is 45.4 Å². The predicted octanol–water partition coefficient (Wildman–Crippen LogP) is 3.88. The van der Waals surface area contributed by atoms with Crippen LogP contribution in [-0.4, -0.2) is 11.7 Å². The summed E-state index contributed by atoms with van der Waals surface area (Å²) in [6.07, 6.45) is 0.962. The maximum absolute atomic E-state index is 10.0. The molecule has 3 nitrogen and oxygen atoms in total. The minimum atomic E-state index is -0.616. The maximum Gasteiger partial charge on any atom is 0.133 e. The van der Waals surface area contributed by atoms with Gasteiger partial charge in [-0.15, -0.1) is 11.3 Å². The van der Waals surface area contributed by atoms with Crippen molar-refractivity contribution in [3.8, 4) is 0 Å². The Balaban J connectivity index is 1.70. The lowest BCUT2D eigenvalue weighted by Gasteiger charge is -2.17. The molecule has 0 saturated carbocycles. The Kier molecular flexibility index (Phi) is 3.87. The van der Waals surface area contributed by atoms with Crippen LogP contribution in [0.2, 0.25) is 0 Å². The molecule has 3 rings (SSSR count). The van der Waals surface area contributed by atoms with Gasteiger partial charge in [0.25, 0.3) is 0 Å². The lowest BCUT2D eigenvalue weighted by molar-refractivity contribution is 0.144. The summed E-state index contributed by atoms with van der Waals surface area (Å²) < 4.78 is 6.51. The zero-order valence-electron chi connectivity index (χ0n) is 11.2. The van der Waals surface area contributed by atoms with Crippen LogP contribution >= 0.6 is 11.3 Å². The molecule has 0 aliphatic rings. The Morgan fingerprint density at radius 3 is 2.95 bits per heavy atom. The molecule has 1 aromatic carbocycles. The summed E-state index contributed by atoms with van der Waals surface area (Å²) in [4.78, 5) is 0. The maximum atomic E-state index is 10.0. The lowest BCUT2D eigenvalue weighted by atomic mass is 10.1. The van der Waals surface area contributed by atoms with E-state index in [1.165, 1.54) is 15.6 Å². The van der Waals surface area contributed by atoms with E-state index in [2.05, 4.69) is 41.9 Å². The Labute approximate surface area is 121 Å². The summed E-state index contributed by atoms with van der Waals surface area (Å²) in [7, 11) is 0. The van der Waals surface area contributed by atoms with Crippen molar-refractivity contribution in [2.24, 2.45) is 0 Å². The van der Waals surface area contributed by atoms with Crippen LogP contribution in [0.15, 0.2) is 52.5 Å². The third-order valence-corrected chi connectivity index (χ3v) is 4.44. The molecular formula is C16H17NO2S. The van der Waals surface area contributed by atoms with Crippen LogP contribution in [0, 0.1) is 0 Å². The normalized spacial score (nSPS) is 14.5. The molecule has 0 fully saturated rings. The van der Waals surface area contributed by atoms with Crippen molar-refractivity contribution in [2.75, 3.05) is 6.54 Å². The van der Waals surface area contributed by atoms with E-state index in [0.717, 1.165) is 0 Å². The number of nitrogens with one attached hydrogen (secondary N) is 1. The highest BCUT2D eigenvalue weighted by Gasteiger charge is 2.14. The molecule has 20 heavy (non-hydrogen) atoms. The highest BCUT2D eigenvalue weighted by molar-refractivity contribution is 7.17. The first-order chi connectivity index (χ1) is 9.75. The highest BCUT2D eigenvalue weighted by Crippen LogP contribution is 2.29. The molecule has 2 unspecified atom stereocenters. The van der Waals surface area contributed by atoms with E-state index >= 15 is 0 Å². The van der Waals surface area contributed by atoms with Crippen molar-refractivity contribution in [1.82, 2.24) is 5.32 Å². The Morgan fingerprint density at radius 1 is 1.25 bits per heavy atom. The van der Waals surface area contributed by atoms with Gasteiger partial charge in [0.1, 0.15) is 11.9 Å². The Hall–Kier alpha value is -1.62. The zero-order chi connectivity index (χ0) is 13.9. The fourth-order valence-electron chi connectivity index (χ4n) is 2.34. The van der Waals surface area contributed by atoms with Crippen molar-refractivity contribution in [1.29, 1.82) is 0 Å². The van der Waals surface area contributed by atoms with Crippen molar-refractivity contribution < 1.29 is 9.52 Å². The predicted molar refractivity (Wildman–Crippen MR) is 81.9 cm³/mol. The molecule has 0 spiro atoms. The molecule has 0 aliphatic heterocycles. The second-order valence-corrected chi connectivity index (χ2v) is 5.76. The molecule has 2 aromatic heterocycles. The van der Waals surface area contributed by atoms with Crippen LogP contribution < -0.4 is 5.32 Å². The molecule has 2 heterocycles. The SMILES string of the molecule is CC(NCC(O)c1ccco1)c1cccc2ccsc12. The largest absolute Gasteiger partial charge is 0.467 e. The Bertz CT molecular complexity index is 675. The highest BCUT2D eigenvalue weighted by atomic mass is 32.1. The number of furan rings is 1. The summed E-state index contributed by atoms with van der Waals surface area (Å²) in [5, 5.41) is 16.8. The third kappa shape index (κ3) is 2.63. The van der Waals surface area contributed by atoms with Crippen LogP contribution in [-0.2, 0) is 0 Å². The van der Waals surface area contributed by atoms with Crippen molar-refractivity contribution in [3.63, 3.8) is 0 Å². The smallest absolute Gasteiger partial charge is 0.133 e. The van der Waals surface area contributed by atoms with Gasteiger partial charge in [-0.25, -0.2) is 0 Å². The van der Waals surface area contributed by atoms with E-state index in [0.29, 0.717) is 12.3 Å². The number of hydrogen-bond donors (Lipinski definition) is 2. The zero-order valence-corrected chi connectivity index (χ0v) is 12.1. The van der Waals surface area contributed by atoms with Gasteiger partial charge in [-0.1, -0.05) is 18.2 Å². The minimum absolute atomic E-state index is 0.182. The Morgan fingerprint density at radius 2 is 2.15 bits per heavy atom. The van der Waals surface area contributed by atoms with E-state index in [1.807, 2.05) is 0 Å². The molecule has 104 valence electrons. The van der Waals surface area contributed by atoms with Crippen molar-refractivity contribution in [3.05, 3.63) is 59.4 Å². The summed E-state index contributed by atoms with van der Waals surface area (Å²) in [6.45, 7) is 2.58. The summed E-state index contributed by atoms with van der Waals surface area (Å²) in [5.41, 5.74) is 1.27. The van der Waals surface area contributed by atoms with E-state index in [4.69, 9.17) is 4.42 Å². The molecule has 2 atom stereocenters. The molecule has 0 aliphatic carbocycles. The molecule has 3 aromatic rings. The molecule has 0 bridgehead atoms. The van der Waals surface area contributed by atoms with Gasteiger partial charge < -0.3 is 14.8 Å². The first kappa shape index (κ1) is 13.4. The van der Waals surface area contributed by atoms with Gasteiger partial charge in [-0.3, -0.25) is 0 Å². The average molecular weight is 287 g/mol. The monoisotopic (exact) mass is 287 g/mol. The summed E-state index contributed by atoms with van der Waals surface area (Å²) in [5.74, 6) is 0.596. The van der Waals surface area contributed by atoms with Gasteiger partial charge in [-0.05, 0) is 41.5 Å². The molecule has 0 saturated heterocycles. The van der Waals surface area contributed by atoms with Crippen molar-refractivity contribution in [2.45, 2.75) is 19.1 Å². The van der Waals surface area contributed by atoms with Gasteiger partial charge in [0, 0.05) is 17.3 Å². The lowest BCUT2D eigenvalue weighted by Crippen LogP contribution is -2.24. The second-order valence-electron chi connectivity index (χ2n) is 4.85. The number of aliphatic hydroxyl groups excluding tert-OH is 1. The minimum Gasteiger partial charge on any atom is -0.467 e. The summed E-state index contributed by atoms with van der Waals surface area (Å²) >= 11 is 1.75. The van der Waals surface area contributed by atoms with E-state index < -0.39 is 6.10 Å². The summed E-state index contributed by atoms with van der Waals surface area (Å²) in [6, 6.07) is 12.2. The molecule has 0 amide bonds. The van der Waals surface area contributed by atoms with Gasteiger partial charge in [-0.2, -0.15) is 0 Å². The van der Waals surface area contributed by atoms with Crippen LogP contribution in [0.5, 0.6) is 0 Å². The number of rotatable bonds is 5. The van der Waals surface area contributed by atoms with Crippen LogP contribution in [0.1, 0.15) is 30.4 Å². The fourth-order valence-corrected chi connectivity index (χ4v) is 3.34. The first-order valence-corrected chi connectivity index (χ1v) is 7.54. The number of fused-ring (bicyclic) bond motifs is 1. The van der Waals surface area contributed by atoms with Crippen LogP contribution in [0.25, 0.3) is 10.1 Å².